The van der Waals surface area contributed by atoms with Crippen molar-refractivity contribution in [2.75, 3.05) is 6.61 Å². The Kier molecular flexibility index (Phi) is 9.14. The number of unbranched alkanes of at least 4 members (excludes halogenated alkanes) is 3. The fourth-order valence-corrected chi connectivity index (χ4v) is 1.02. The van der Waals surface area contributed by atoms with E-state index in [0.29, 0.717) is 0 Å². The van der Waals surface area contributed by atoms with Crippen molar-refractivity contribution in [3.05, 3.63) is 0 Å². The zero-order chi connectivity index (χ0) is 6.24. The van der Waals surface area contributed by atoms with Crippen molar-refractivity contribution in [1.29, 1.82) is 0 Å². The van der Waals surface area contributed by atoms with Crippen molar-refractivity contribution in [3.63, 3.8) is 0 Å². The molecule has 0 aromatic rings. The van der Waals surface area contributed by atoms with Crippen LogP contribution in [0.25, 0.3) is 0 Å². The van der Waals surface area contributed by atoms with Crippen LogP contribution in [0.15, 0.2) is 0 Å². The number of hydrogen-bond acceptors (Lipinski definition) is 1. The van der Waals surface area contributed by atoms with Crippen molar-refractivity contribution in [3.8, 4) is 0 Å². The summed E-state index contributed by atoms with van der Waals surface area (Å²) in [5.74, 6) is 0. The van der Waals surface area contributed by atoms with E-state index in [2.05, 4.69) is 6.92 Å². The summed E-state index contributed by atoms with van der Waals surface area (Å²) in [5.41, 5.74) is 0. The molecule has 0 rings (SSSR count). The maximum absolute atomic E-state index is 5.02. The van der Waals surface area contributed by atoms with E-state index in [1.807, 2.05) is 0 Å². The second-order valence-corrected chi connectivity index (χ2v) is 2.75. The van der Waals surface area contributed by atoms with E-state index in [4.69, 9.17) is 2.05 Å². The predicted molar refractivity (Wildman–Crippen MR) is 30.1 cm³/mol. The van der Waals surface area contributed by atoms with Gasteiger partial charge in [0.2, 0.25) is 0 Å². The molecule has 0 aliphatic heterocycles. The van der Waals surface area contributed by atoms with Gasteiger partial charge in [0.15, 0.2) is 0 Å². The Morgan fingerprint density at radius 1 is 1.25 bits per heavy atom. The van der Waals surface area contributed by atoms with Gasteiger partial charge < -0.3 is 0 Å². The van der Waals surface area contributed by atoms with Crippen LogP contribution < -0.4 is 0 Å². The van der Waals surface area contributed by atoms with E-state index < -0.39 is 0 Å². The van der Waals surface area contributed by atoms with E-state index in [9.17, 15) is 0 Å². The van der Waals surface area contributed by atoms with Gasteiger partial charge in [0.05, 0.1) is 0 Å². The Labute approximate surface area is 72.4 Å². The summed E-state index contributed by atoms with van der Waals surface area (Å²) in [5, 5.41) is 0. The molecule has 46 valence electrons. The topological polar surface area (TPSA) is 9.23 Å². The second-order valence-electron chi connectivity index (χ2n) is 1.93. The summed E-state index contributed by atoms with van der Waals surface area (Å²) in [4.78, 5) is 0. The van der Waals surface area contributed by atoms with Gasteiger partial charge >= 0.3 is 72.7 Å². The van der Waals surface area contributed by atoms with Crippen molar-refractivity contribution in [2.24, 2.45) is 0 Å². The molecule has 0 amide bonds. The zero-order valence-corrected chi connectivity index (χ0v) is 8.36. The van der Waals surface area contributed by atoms with Crippen molar-refractivity contribution in [2.45, 2.75) is 32.6 Å². The molecule has 0 aromatic carbocycles. The van der Waals surface area contributed by atoms with Gasteiger partial charge in [0.25, 0.3) is 0 Å². The van der Waals surface area contributed by atoms with E-state index in [0.717, 1.165) is 38.1 Å². The molecule has 0 aliphatic carbocycles. The third kappa shape index (κ3) is 7.06. The van der Waals surface area contributed by atoms with E-state index in [1.54, 1.807) is 0 Å². The minimum atomic E-state index is 0.962. The van der Waals surface area contributed by atoms with Gasteiger partial charge in [-0.05, 0) is 0 Å². The van der Waals surface area contributed by atoms with E-state index >= 15 is 0 Å². The van der Waals surface area contributed by atoms with Crippen molar-refractivity contribution in [1.82, 2.24) is 0 Å². The first-order chi connectivity index (χ1) is 3.91. The average molecular weight is 190 g/mol. The summed E-state index contributed by atoms with van der Waals surface area (Å²) in [6, 6.07) is 0. The molecule has 0 radical (unpaired) electrons. The van der Waals surface area contributed by atoms with Crippen LogP contribution in [0.4, 0.5) is 0 Å². The summed E-state index contributed by atoms with van der Waals surface area (Å²) in [6.45, 7) is 3.21. The van der Waals surface area contributed by atoms with Crippen LogP contribution in [-0.4, -0.2) is 6.61 Å². The predicted octanol–water partition coefficient (Wildman–Crippen LogP) is 2.05. The molecule has 0 atom stereocenters. The second kappa shape index (κ2) is 8.06. The summed E-state index contributed by atoms with van der Waals surface area (Å²) in [6.07, 6.45) is 5.29. The van der Waals surface area contributed by atoms with Crippen LogP contribution in [0.1, 0.15) is 32.6 Å². The average Bonchev–Trinajstić information content (AvgIpc) is 1.81. The molecule has 0 fully saturated rings. The molecule has 0 N–H and O–H groups in total. The monoisotopic (exact) mass is 190 g/mol. The van der Waals surface area contributed by atoms with E-state index in [-0.39, 0.29) is 0 Å². The molecule has 0 saturated heterocycles. The van der Waals surface area contributed by atoms with Crippen LogP contribution in [-0.2, 0) is 33.5 Å². The Hall–Kier alpha value is 1.06. The Morgan fingerprint density at radius 2 is 2.00 bits per heavy atom. The first-order valence-electron chi connectivity index (χ1n) is 3.23. The summed E-state index contributed by atoms with van der Waals surface area (Å²) in [7, 11) is 0. The van der Waals surface area contributed by atoms with Crippen LogP contribution in [0.5, 0.6) is 0 Å². The summed E-state index contributed by atoms with van der Waals surface area (Å²) >= 11 is 0.962. The normalized spacial score (nSPS) is 9.50. The molecule has 0 unspecified atom stereocenters. The standard InChI is InChI=1S/C6H13O.Y/c1-2-3-4-5-6-7;/h2-6H2,1H3;/q-1;+1. The van der Waals surface area contributed by atoms with Gasteiger partial charge in [-0.2, -0.15) is 0 Å². The van der Waals surface area contributed by atoms with Crippen LogP contribution >= 0.6 is 0 Å². The number of rotatable bonds is 5. The van der Waals surface area contributed by atoms with Gasteiger partial charge in [0.1, 0.15) is 0 Å². The molecule has 2 heteroatoms. The third-order valence-corrected chi connectivity index (χ3v) is 1.70. The molecule has 0 heterocycles. The molecule has 0 aliphatic rings. The Balaban J connectivity index is 2.53. The van der Waals surface area contributed by atoms with Crippen LogP contribution in [0.2, 0.25) is 0 Å². The molecule has 0 spiro atoms. The first kappa shape index (κ1) is 9.06. The quantitative estimate of drug-likeness (QED) is 0.603. The zero-order valence-electron chi connectivity index (χ0n) is 5.52. The van der Waals surface area contributed by atoms with Gasteiger partial charge in [0, 0.05) is 0 Å². The first-order valence-corrected chi connectivity index (χ1v) is 4.39. The Bertz CT molecular complexity index is 33.5. The van der Waals surface area contributed by atoms with Gasteiger partial charge in [-0.3, -0.25) is 0 Å². The molecule has 8 heavy (non-hydrogen) atoms. The van der Waals surface area contributed by atoms with Gasteiger partial charge in [-0.15, -0.1) is 0 Å². The SMILES string of the molecule is CCCCCC[O][Y]. The molecule has 0 saturated carbocycles. The molecular weight excluding hydrogens is 177 g/mol. The number of hydrogen-bond donors (Lipinski definition) is 0. The maximum atomic E-state index is 5.02. The molecule has 1 nitrogen and oxygen atoms in total. The molecule has 0 bridgehead atoms. The Morgan fingerprint density at radius 3 is 2.50 bits per heavy atom. The fraction of sp³-hybridized carbons (Fsp3) is 1.00. The van der Waals surface area contributed by atoms with Gasteiger partial charge in [-0.1, -0.05) is 0 Å². The van der Waals surface area contributed by atoms with Crippen LogP contribution in [0, 0.1) is 0 Å². The molecular formula is C6H13OY. The van der Waals surface area contributed by atoms with Crippen molar-refractivity contribution >= 4 is 0 Å². The van der Waals surface area contributed by atoms with Crippen molar-refractivity contribution < 1.29 is 33.5 Å². The minimum absolute atomic E-state index is 0.962. The molecule has 0 aromatic heterocycles. The fourth-order valence-electron chi connectivity index (χ4n) is 0.612. The van der Waals surface area contributed by atoms with Gasteiger partial charge in [-0.25, -0.2) is 0 Å². The van der Waals surface area contributed by atoms with Crippen LogP contribution in [0.3, 0.4) is 0 Å². The summed E-state index contributed by atoms with van der Waals surface area (Å²) < 4.78 is 5.02. The van der Waals surface area contributed by atoms with E-state index in [1.165, 1.54) is 25.7 Å². The third-order valence-electron chi connectivity index (χ3n) is 1.12.